The van der Waals surface area contributed by atoms with E-state index in [1.54, 1.807) is 0 Å². The molecule has 1 aromatic rings. The van der Waals surface area contributed by atoms with Crippen molar-refractivity contribution in [3.8, 4) is 5.75 Å². The molecule has 0 aromatic heterocycles. The maximum absolute atomic E-state index is 11.8. The van der Waals surface area contributed by atoms with Crippen molar-refractivity contribution >= 4 is 11.6 Å². The van der Waals surface area contributed by atoms with E-state index in [1.165, 1.54) is 0 Å². The summed E-state index contributed by atoms with van der Waals surface area (Å²) in [5.74, 6) is 0.907. The van der Waals surface area contributed by atoms with E-state index < -0.39 is 0 Å². The number of carbonyl (C=O) groups excluding carboxylic acids is 1. The Morgan fingerprint density at radius 2 is 2.06 bits per heavy atom. The molecular formula is C14H20N2O2. The topological polar surface area (TPSA) is 50.4 Å². The Morgan fingerprint density at radius 1 is 1.39 bits per heavy atom. The molecule has 0 saturated heterocycles. The van der Waals surface area contributed by atoms with Crippen LogP contribution in [0.15, 0.2) is 24.3 Å². The summed E-state index contributed by atoms with van der Waals surface area (Å²) < 4.78 is 5.37. The van der Waals surface area contributed by atoms with Crippen LogP contribution in [-0.4, -0.2) is 24.6 Å². The Hall–Kier alpha value is -1.71. The second kappa shape index (κ2) is 5.76. The number of hydrogen-bond donors (Lipinski definition) is 2. The van der Waals surface area contributed by atoms with Crippen LogP contribution in [0.2, 0.25) is 0 Å². The molecule has 1 aliphatic carbocycles. The van der Waals surface area contributed by atoms with E-state index in [1.807, 2.05) is 38.1 Å². The molecule has 0 bridgehead atoms. The van der Waals surface area contributed by atoms with Gasteiger partial charge in [0.2, 0.25) is 5.91 Å². The zero-order chi connectivity index (χ0) is 13.0. The van der Waals surface area contributed by atoms with Crippen molar-refractivity contribution in [2.45, 2.75) is 38.8 Å². The van der Waals surface area contributed by atoms with Gasteiger partial charge in [-0.1, -0.05) is 0 Å². The van der Waals surface area contributed by atoms with Gasteiger partial charge in [-0.15, -0.1) is 0 Å². The van der Waals surface area contributed by atoms with Crippen molar-refractivity contribution in [2.24, 2.45) is 0 Å². The first-order valence-electron chi connectivity index (χ1n) is 6.49. The summed E-state index contributed by atoms with van der Waals surface area (Å²) in [5.41, 5.74) is 0.928. The molecule has 4 nitrogen and oxygen atoms in total. The molecule has 1 saturated carbocycles. The van der Waals surface area contributed by atoms with Crippen LogP contribution in [-0.2, 0) is 4.79 Å². The maximum atomic E-state index is 11.8. The molecule has 1 aromatic carbocycles. The molecule has 2 N–H and O–H groups in total. The van der Waals surface area contributed by atoms with E-state index in [-0.39, 0.29) is 11.9 Å². The Balaban J connectivity index is 1.85. The number of amides is 1. The summed E-state index contributed by atoms with van der Waals surface area (Å²) in [6.45, 7) is 4.48. The number of nitrogens with one attached hydrogen (secondary N) is 2. The first kappa shape index (κ1) is 12.7. The first-order chi connectivity index (χ1) is 8.69. The Morgan fingerprint density at radius 3 is 2.61 bits per heavy atom. The average molecular weight is 248 g/mol. The summed E-state index contributed by atoms with van der Waals surface area (Å²) in [5, 5.41) is 6.16. The molecule has 1 fully saturated rings. The summed E-state index contributed by atoms with van der Waals surface area (Å²) in [6.07, 6.45) is 2.23. The van der Waals surface area contributed by atoms with Gasteiger partial charge in [0, 0.05) is 11.7 Å². The van der Waals surface area contributed by atoms with Gasteiger partial charge in [-0.2, -0.15) is 0 Å². The molecule has 0 aliphatic heterocycles. The van der Waals surface area contributed by atoms with Gasteiger partial charge in [0.05, 0.1) is 6.61 Å². The molecule has 1 unspecified atom stereocenters. The number of benzene rings is 1. The van der Waals surface area contributed by atoms with Gasteiger partial charge in [-0.25, -0.2) is 0 Å². The molecule has 0 radical (unpaired) electrons. The highest BCUT2D eigenvalue weighted by molar-refractivity contribution is 5.84. The van der Waals surface area contributed by atoms with Crippen molar-refractivity contribution in [3.63, 3.8) is 0 Å². The lowest BCUT2D eigenvalue weighted by Crippen LogP contribution is -2.38. The predicted octanol–water partition coefficient (Wildman–Crippen LogP) is 2.16. The third kappa shape index (κ3) is 3.65. The molecule has 18 heavy (non-hydrogen) atoms. The summed E-state index contributed by atoms with van der Waals surface area (Å²) in [4.78, 5) is 11.8. The SMILES string of the molecule is CCOc1ccc(NC(C)C(=O)NC2CC2)cc1. The number of carbonyl (C=O) groups is 1. The van der Waals surface area contributed by atoms with E-state index in [2.05, 4.69) is 10.6 Å². The molecule has 0 heterocycles. The standard InChI is InChI=1S/C14H20N2O2/c1-3-18-13-8-6-11(7-9-13)15-10(2)14(17)16-12-4-5-12/h6-10,12,15H,3-5H2,1-2H3,(H,16,17). The van der Waals surface area contributed by atoms with Crippen molar-refractivity contribution in [1.82, 2.24) is 5.32 Å². The zero-order valence-corrected chi connectivity index (χ0v) is 10.9. The lowest BCUT2D eigenvalue weighted by Gasteiger charge is -2.15. The number of anilines is 1. The Bertz CT molecular complexity index is 399. The van der Waals surface area contributed by atoms with Crippen LogP contribution in [0.4, 0.5) is 5.69 Å². The number of hydrogen-bond acceptors (Lipinski definition) is 3. The zero-order valence-electron chi connectivity index (χ0n) is 10.9. The fraction of sp³-hybridized carbons (Fsp3) is 0.500. The number of rotatable bonds is 6. The molecule has 1 atom stereocenters. The molecule has 4 heteroatoms. The van der Waals surface area contributed by atoms with Crippen LogP contribution < -0.4 is 15.4 Å². The average Bonchev–Trinajstić information content (AvgIpc) is 3.16. The first-order valence-corrected chi connectivity index (χ1v) is 6.49. The minimum Gasteiger partial charge on any atom is -0.494 e. The van der Waals surface area contributed by atoms with Gasteiger partial charge in [-0.3, -0.25) is 4.79 Å². The van der Waals surface area contributed by atoms with Crippen LogP contribution in [0.1, 0.15) is 26.7 Å². The monoisotopic (exact) mass is 248 g/mol. The molecular weight excluding hydrogens is 228 g/mol. The third-order valence-electron chi connectivity index (χ3n) is 2.87. The second-order valence-electron chi connectivity index (χ2n) is 4.61. The molecule has 98 valence electrons. The van der Waals surface area contributed by atoms with Gasteiger partial charge in [-0.05, 0) is 51.0 Å². The largest absolute Gasteiger partial charge is 0.494 e. The van der Waals surface area contributed by atoms with E-state index >= 15 is 0 Å². The maximum Gasteiger partial charge on any atom is 0.242 e. The molecule has 2 rings (SSSR count). The van der Waals surface area contributed by atoms with Crippen LogP contribution in [0.3, 0.4) is 0 Å². The highest BCUT2D eigenvalue weighted by atomic mass is 16.5. The van der Waals surface area contributed by atoms with Crippen molar-refractivity contribution < 1.29 is 9.53 Å². The Kier molecular flexibility index (Phi) is 4.07. The van der Waals surface area contributed by atoms with E-state index in [4.69, 9.17) is 4.74 Å². The van der Waals surface area contributed by atoms with Gasteiger partial charge >= 0.3 is 0 Å². The summed E-state index contributed by atoms with van der Waals surface area (Å²) >= 11 is 0. The Labute approximate surface area is 108 Å². The van der Waals surface area contributed by atoms with Crippen LogP contribution in [0.25, 0.3) is 0 Å². The van der Waals surface area contributed by atoms with Crippen molar-refractivity contribution in [1.29, 1.82) is 0 Å². The van der Waals surface area contributed by atoms with Crippen molar-refractivity contribution in [3.05, 3.63) is 24.3 Å². The summed E-state index contributed by atoms with van der Waals surface area (Å²) in [7, 11) is 0. The summed E-state index contributed by atoms with van der Waals surface area (Å²) in [6, 6.07) is 7.83. The highest BCUT2D eigenvalue weighted by Gasteiger charge is 2.25. The van der Waals surface area contributed by atoms with Crippen LogP contribution in [0, 0.1) is 0 Å². The van der Waals surface area contributed by atoms with Gasteiger partial charge in [0.15, 0.2) is 0 Å². The normalized spacial score (nSPS) is 15.9. The fourth-order valence-corrected chi connectivity index (χ4v) is 1.68. The predicted molar refractivity (Wildman–Crippen MR) is 71.9 cm³/mol. The van der Waals surface area contributed by atoms with Crippen LogP contribution in [0.5, 0.6) is 5.75 Å². The lowest BCUT2D eigenvalue weighted by molar-refractivity contribution is -0.121. The van der Waals surface area contributed by atoms with Gasteiger partial charge < -0.3 is 15.4 Å². The molecule has 0 spiro atoms. The smallest absolute Gasteiger partial charge is 0.242 e. The van der Waals surface area contributed by atoms with E-state index in [0.717, 1.165) is 24.3 Å². The second-order valence-corrected chi connectivity index (χ2v) is 4.61. The third-order valence-corrected chi connectivity index (χ3v) is 2.87. The molecule has 1 amide bonds. The van der Waals surface area contributed by atoms with Crippen molar-refractivity contribution in [2.75, 3.05) is 11.9 Å². The van der Waals surface area contributed by atoms with Gasteiger partial charge in [0.25, 0.3) is 0 Å². The lowest BCUT2D eigenvalue weighted by atomic mass is 10.2. The number of ether oxygens (including phenoxy) is 1. The quantitative estimate of drug-likeness (QED) is 0.811. The van der Waals surface area contributed by atoms with E-state index in [9.17, 15) is 4.79 Å². The fourth-order valence-electron chi connectivity index (χ4n) is 1.68. The minimum absolute atomic E-state index is 0.0615. The van der Waals surface area contributed by atoms with Crippen LogP contribution >= 0.6 is 0 Å². The highest BCUT2D eigenvalue weighted by Crippen LogP contribution is 2.19. The minimum atomic E-state index is -0.219. The molecule has 1 aliphatic rings. The van der Waals surface area contributed by atoms with E-state index in [0.29, 0.717) is 12.6 Å². The van der Waals surface area contributed by atoms with Gasteiger partial charge in [0.1, 0.15) is 11.8 Å².